The Kier molecular flexibility index (Phi) is 6.09. The van der Waals surface area contributed by atoms with Gasteiger partial charge >= 0.3 is 6.18 Å². The van der Waals surface area contributed by atoms with E-state index in [0.29, 0.717) is 5.56 Å². The van der Waals surface area contributed by atoms with Crippen LogP contribution in [0, 0.1) is 0 Å². The maximum absolute atomic E-state index is 12.6. The van der Waals surface area contributed by atoms with Gasteiger partial charge in [0.25, 0.3) is 0 Å². The first-order valence-electron chi connectivity index (χ1n) is 6.50. The SMILES string of the molecule is CCCNCCC=C(C)c1cccc(C(F)(F)F)c1. The van der Waals surface area contributed by atoms with Crippen molar-refractivity contribution in [3.05, 3.63) is 41.5 Å². The highest BCUT2D eigenvalue weighted by atomic mass is 19.4. The summed E-state index contributed by atoms with van der Waals surface area (Å²) in [6.45, 7) is 5.76. The molecule has 0 heterocycles. The summed E-state index contributed by atoms with van der Waals surface area (Å²) < 4.78 is 37.8. The average Bonchev–Trinajstić information content (AvgIpc) is 2.37. The number of allylic oxidation sites excluding steroid dienone is 1. The molecule has 4 heteroatoms. The van der Waals surface area contributed by atoms with Crippen molar-refractivity contribution in [2.45, 2.75) is 32.9 Å². The predicted octanol–water partition coefficient (Wildman–Crippen LogP) is 4.50. The first-order chi connectivity index (χ1) is 8.95. The van der Waals surface area contributed by atoms with Crippen LogP contribution in [0.1, 0.15) is 37.8 Å². The van der Waals surface area contributed by atoms with E-state index in [2.05, 4.69) is 12.2 Å². The van der Waals surface area contributed by atoms with E-state index in [1.54, 1.807) is 6.07 Å². The summed E-state index contributed by atoms with van der Waals surface area (Å²) in [5.41, 5.74) is 0.913. The molecule has 0 aliphatic rings. The first kappa shape index (κ1) is 15.8. The fraction of sp³-hybridized carbons (Fsp3) is 0.467. The van der Waals surface area contributed by atoms with Gasteiger partial charge in [-0.25, -0.2) is 0 Å². The molecular weight excluding hydrogens is 251 g/mol. The molecule has 0 saturated carbocycles. The molecule has 0 radical (unpaired) electrons. The standard InChI is InChI=1S/C15H20F3N/c1-3-9-19-10-5-6-12(2)13-7-4-8-14(11-13)15(16,17)18/h4,6-8,11,19H,3,5,9-10H2,1-2H3. The van der Waals surface area contributed by atoms with Crippen LogP contribution in [-0.2, 0) is 6.18 Å². The zero-order valence-corrected chi connectivity index (χ0v) is 11.3. The highest BCUT2D eigenvalue weighted by Crippen LogP contribution is 2.30. The van der Waals surface area contributed by atoms with Gasteiger partial charge in [0.2, 0.25) is 0 Å². The predicted molar refractivity (Wildman–Crippen MR) is 72.9 cm³/mol. The minimum atomic E-state index is -4.28. The molecule has 19 heavy (non-hydrogen) atoms. The molecule has 0 saturated heterocycles. The van der Waals surface area contributed by atoms with Crippen molar-refractivity contribution in [2.24, 2.45) is 0 Å². The smallest absolute Gasteiger partial charge is 0.316 e. The summed E-state index contributed by atoms with van der Waals surface area (Å²) in [6.07, 6.45) is -0.407. The summed E-state index contributed by atoms with van der Waals surface area (Å²) in [4.78, 5) is 0. The maximum atomic E-state index is 12.6. The molecular formula is C15H20F3N. The average molecular weight is 271 g/mol. The van der Waals surface area contributed by atoms with E-state index < -0.39 is 11.7 Å². The zero-order valence-electron chi connectivity index (χ0n) is 11.3. The lowest BCUT2D eigenvalue weighted by molar-refractivity contribution is -0.137. The second-order valence-corrected chi connectivity index (χ2v) is 4.50. The van der Waals surface area contributed by atoms with Gasteiger partial charge in [-0.3, -0.25) is 0 Å². The summed E-state index contributed by atoms with van der Waals surface area (Å²) in [6, 6.07) is 5.45. The van der Waals surface area contributed by atoms with Gasteiger partial charge in [-0.1, -0.05) is 25.1 Å². The van der Waals surface area contributed by atoms with E-state index in [1.165, 1.54) is 12.1 Å². The molecule has 0 aliphatic carbocycles. The lowest BCUT2D eigenvalue weighted by atomic mass is 10.0. The lowest BCUT2D eigenvalue weighted by Crippen LogP contribution is -2.15. The van der Waals surface area contributed by atoms with Gasteiger partial charge in [0.05, 0.1) is 5.56 Å². The second-order valence-electron chi connectivity index (χ2n) is 4.50. The molecule has 106 valence electrons. The summed E-state index contributed by atoms with van der Waals surface area (Å²) in [7, 11) is 0. The van der Waals surface area contributed by atoms with Crippen LogP contribution in [0.25, 0.3) is 5.57 Å². The Morgan fingerprint density at radius 3 is 2.63 bits per heavy atom. The molecule has 0 aromatic heterocycles. The Morgan fingerprint density at radius 2 is 2.00 bits per heavy atom. The Hall–Kier alpha value is -1.29. The van der Waals surface area contributed by atoms with Gasteiger partial charge < -0.3 is 5.32 Å². The number of nitrogens with one attached hydrogen (secondary N) is 1. The molecule has 0 spiro atoms. The van der Waals surface area contributed by atoms with Crippen LogP contribution in [0.4, 0.5) is 13.2 Å². The largest absolute Gasteiger partial charge is 0.416 e. The van der Waals surface area contributed by atoms with Crippen LogP contribution in [0.15, 0.2) is 30.3 Å². The highest BCUT2D eigenvalue weighted by molar-refractivity contribution is 5.64. The van der Waals surface area contributed by atoms with Gasteiger partial charge in [-0.05, 0) is 56.1 Å². The normalized spacial score (nSPS) is 12.8. The molecule has 1 nitrogen and oxygen atoms in total. The molecule has 1 aromatic carbocycles. The van der Waals surface area contributed by atoms with Crippen molar-refractivity contribution < 1.29 is 13.2 Å². The van der Waals surface area contributed by atoms with Crippen molar-refractivity contribution >= 4 is 5.57 Å². The third kappa shape index (κ3) is 5.47. The van der Waals surface area contributed by atoms with Gasteiger partial charge in [0.15, 0.2) is 0 Å². The number of hydrogen-bond donors (Lipinski definition) is 1. The molecule has 1 N–H and O–H groups in total. The highest BCUT2D eigenvalue weighted by Gasteiger charge is 2.30. The van der Waals surface area contributed by atoms with E-state index >= 15 is 0 Å². The van der Waals surface area contributed by atoms with Crippen molar-refractivity contribution in [3.8, 4) is 0 Å². The van der Waals surface area contributed by atoms with E-state index in [1.807, 2.05) is 13.0 Å². The maximum Gasteiger partial charge on any atom is 0.416 e. The lowest BCUT2D eigenvalue weighted by Gasteiger charge is -2.09. The Bertz CT molecular complexity index is 422. The van der Waals surface area contributed by atoms with E-state index in [4.69, 9.17) is 0 Å². The molecule has 0 bridgehead atoms. The molecule has 0 unspecified atom stereocenters. The molecule has 0 atom stereocenters. The van der Waals surface area contributed by atoms with Crippen molar-refractivity contribution in [3.63, 3.8) is 0 Å². The van der Waals surface area contributed by atoms with Crippen LogP contribution < -0.4 is 5.32 Å². The molecule has 1 rings (SSSR count). The summed E-state index contributed by atoms with van der Waals surface area (Å²) >= 11 is 0. The van der Waals surface area contributed by atoms with E-state index in [-0.39, 0.29) is 0 Å². The Morgan fingerprint density at radius 1 is 1.26 bits per heavy atom. The first-order valence-corrected chi connectivity index (χ1v) is 6.50. The minimum absolute atomic E-state index is 0.596. The summed E-state index contributed by atoms with van der Waals surface area (Å²) in [5, 5.41) is 3.25. The minimum Gasteiger partial charge on any atom is -0.316 e. The van der Waals surface area contributed by atoms with Crippen LogP contribution in [-0.4, -0.2) is 13.1 Å². The molecule has 0 amide bonds. The van der Waals surface area contributed by atoms with Crippen LogP contribution >= 0.6 is 0 Å². The van der Waals surface area contributed by atoms with E-state index in [9.17, 15) is 13.2 Å². The molecule has 0 aliphatic heterocycles. The number of hydrogen-bond acceptors (Lipinski definition) is 1. The zero-order chi connectivity index (χ0) is 14.3. The number of alkyl halides is 3. The molecule has 1 aromatic rings. The molecule has 0 fully saturated rings. The third-order valence-electron chi connectivity index (χ3n) is 2.84. The number of benzene rings is 1. The van der Waals surface area contributed by atoms with Gasteiger partial charge in [0.1, 0.15) is 0 Å². The van der Waals surface area contributed by atoms with Gasteiger partial charge in [-0.2, -0.15) is 13.2 Å². The number of rotatable bonds is 6. The van der Waals surface area contributed by atoms with Crippen LogP contribution in [0.5, 0.6) is 0 Å². The topological polar surface area (TPSA) is 12.0 Å². The second kappa shape index (κ2) is 7.34. The van der Waals surface area contributed by atoms with E-state index in [0.717, 1.165) is 37.6 Å². The number of halogens is 3. The van der Waals surface area contributed by atoms with Gasteiger partial charge in [-0.15, -0.1) is 0 Å². The monoisotopic (exact) mass is 271 g/mol. The van der Waals surface area contributed by atoms with Crippen LogP contribution in [0.2, 0.25) is 0 Å². The third-order valence-corrected chi connectivity index (χ3v) is 2.84. The van der Waals surface area contributed by atoms with Crippen molar-refractivity contribution in [1.29, 1.82) is 0 Å². The Balaban J connectivity index is 2.66. The van der Waals surface area contributed by atoms with Crippen molar-refractivity contribution in [1.82, 2.24) is 5.32 Å². The van der Waals surface area contributed by atoms with Crippen LogP contribution in [0.3, 0.4) is 0 Å². The fourth-order valence-corrected chi connectivity index (χ4v) is 1.75. The Labute approximate surface area is 112 Å². The quantitative estimate of drug-likeness (QED) is 0.751. The summed E-state index contributed by atoms with van der Waals surface area (Å²) in [5.74, 6) is 0. The fourth-order valence-electron chi connectivity index (χ4n) is 1.75. The van der Waals surface area contributed by atoms with Gasteiger partial charge in [0, 0.05) is 0 Å². The van der Waals surface area contributed by atoms with Crippen molar-refractivity contribution in [2.75, 3.05) is 13.1 Å².